The summed E-state index contributed by atoms with van der Waals surface area (Å²) < 4.78 is 15.4. The van der Waals surface area contributed by atoms with Gasteiger partial charge < -0.3 is 14.6 Å². The summed E-state index contributed by atoms with van der Waals surface area (Å²) in [5.41, 5.74) is 0.757. The minimum Gasteiger partial charge on any atom is -0.423 e. The summed E-state index contributed by atoms with van der Waals surface area (Å²) in [5.74, 6) is -0.298. The lowest BCUT2D eigenvalue weighted by atomic mass is 9.81. The Labute approximate surface area is 116 Å². The Balaban J connectivity index is 2.33. The van der Waals surface area contributed by atoms with Crippen molar-refractivity contribution in [3.63, 3.8) is 0 Å². The molecular formula is C14H15BFNO3. The normalized spacial score (nSPS) is 10.6. The molecule has 2 N–H and O–H groups in total. The van der Waals surface area contributed by atoms with E-state index in [0.29, 0.717) is 17.5 Å². The molecule has 1 heterocycles. The number of nitrogens with zero attached hydrogens (tertiary/aromatic N) is 1. The number of benzene rings is 1. The topological polar surface area (TPSA) is 62.5 Å². The van der Waals surface area contributed by atoms with Gasteiger partial charge in [-0.3, -0.25) is 4.79 Å². The second-order valence-corrected chi connectivity index (χ2v) is 4.54. The van der Waals surface area contributed by atoms with E-state index in [9.17, 15) is 9.18 Å². The summed E-state index contributed by atoms with van der Waals surface area (Å²) in [6, 6.07) is 7.66. The molecule has 20 heavy (non-hydrogen) atoms. The van der Waals surface area contributed by atoms with Crippen LogP contribution in [-0.2, 0) is 13.0 Å². The molecule has 1 aromatic carbocycles. The van der Waals surface area contributed by atoms with Crippen molar-refractivity contribution < 1.29 is 14.4 Å². The van der Waals surface area contributed by atoms with Crippen LogP contribution in [0.4, 0.5) is 4.39 Å². The van der Waals surface area contributed by atoms with Crippen molar-refractivity contribution in [2.24, 2.45) is 0 Å². The van der Waals surface area contributed by atoms with E-state index in [-0.39, 0.29) is 17.8 Å². The number of pyridine rings is 1. The monoisotopic (exact) mass is 275 g/mol. The molecule has 2 aromatic rings. The van der Waals surface area contributed by atoms with Gasteiger partial charge in [0.25, 0.3) is 0 Å². The van der Waals surface area contributed by atoms with E-state index in [4.69, 9.17) is 10.0 Å². The van der Waals surface area contributed by atoms with Crippen LogP contribution in [0.5, 0.6) is 0 Å². The average Bonchev–Trinajstić information content (AvgIpc) is 2.43. The van der Waals surface area contributed by atoms with Crippen molar-refractivity contribution in [1.82, 2.24) is 4.57 Å². The van der Waals surface area contributed by atoms with Crippen LogP contribution in [-0.4, -0.2) is 21.7 Å². The van der Waals surface area contributed by atoms with E-state index >= 15 is 0 Å². The Morgan fingerprint density at radius 1 is 1.25 bits per heavy atom. The molecule has 0 aliphatic rings. The van der Waals surface area contributed by atoms with Crippen molar-refractivity contribution in [2.45, 2.75) is 19.9 Å². The van der Waals surface area contributed by atoms with Gasteiger partial charge in [0, 0.05) is 17.8 Å². The standard InChI is InChI=1S/C14H15BFNO3/c1-2-10-4-3-5-11(14(10)16)9-17-7-6-12(15(19)20)8-13(17)18/h3-8,19-20H,2,9H2,1H3. The van der Waals surface area contributed by atoms with E-state index in [1.807, 2.05) is 6.92 Å². The molecule has 0 aliphatic carbocycles. The van der Waals surface area contributed by atoms with Crippen molar-refractivity contribution in [2.75, 3.05) is 0 Å². The van der Waals surface area contributed by atoms with E-state index in [2.05, 4.69) is 0 Å². The first kappa shape index (κ1) is 14.5. The van der Waals surface area contributed by atoms with Crippen LogP contribution < -0.4 is 11.0 Å². The van der Waals surface area contributed by atoms with Gasteiger partial charge in [0.05, 0.1) is 6.54 Å². The Morgan fingerprint density at radius 2 is 1.95 bits per heavy atom. The highest BCUT2D eigenvalue weighted by Crippen LogP contribution is 2.14. The van der Waals surface area contributed by atoms with Crippen LogP contribution >= 0.6 is 0 Å². The fourth-order valence-electron chi connectivity index (χ4n) is 2.03. The molecule has 0 atom stereocenters. The second-order valence-electron chi connectivity index (χ2n) is 4.54. The molecular weight excluding hydrogens is 260 g/mol. The Morgan fingerprint density at radius 3 is 2.55 bits per heavy atom. The van der Waals surface area contributed by atoms with Gasteiger partial charge >= 0.3 is 7.12 Å². The quantitative estimate of drug-likeness (QED) is 0.788. The van der Waals surface area contributed by atoms with E-state index in [1.165, 1.54) is 16.8 Å². The fraction of sp³-hybridized carbons (Fsp3) is 0.214. The molecule has 104 valence electrons. The zero-order valence-electron chi connectivity index (χ0n) is 11.1. The van der Waals surface area contributed by atoms with Crippen LogP contribution in [0.25, 0.3) is 0 Å². The Kier molecular flexibility index (Phi) is 4.37. The van der Waals surface area contributed by atoms with Gasteiger partial charge in [-0.1, -0.05) is 25.1 Å². The number of halogens is 1. The number of aromatic nitrogens is 1. The smallest absolute Gasteiger partial charge is 0.423 e. The minimum absolute atomic E-state index is 0.111. The van der Waals surface area contributed by atoms with Crippen LogP contribution in [0.1, 0.15) is 18.1 Å². The zero-order valence-corrected chi connectivity index (χ0v) is 11.1. The van der Waals surface area contributed by atoms with Gasteiger partial charge in [0.1, 0.15) is 5.82 Å². The first-order valence-electron chi connectivity index (χ1n) is 6.35. The molecule has 0 radical (unpaired) electrons. The second kappa shape index (κ2) is 6.03. The Hall–Kier alpha value is -1.92. The molecule has 1 aromatic heterocycles. The molecule has 2 rings (SSSR count). The van der Waals surface area contributed by atoms with Gasteiger partial charge in [0.15, 0.2) is 0 Å². The molecule has 4 nitrogen and oxygen atoms in total. The van der Waals surface area contributed by atoms with E-state index in [0.717, 1.165) is 6.07 Å². The lowest BCUT2D eigenvalue weighted by Gasteiger charge is -2.10. The van der Waals surface area contributed by atoms with Crippen LogP contribution in [0, 0.1) is 5.82 Å². The number of rotatable bonds is 4. The molecule has 6 heteroatoms. The van der Waals surface area contributed by atoms with Gasteiger partial charge in [0.2, 0.25) is 5.56 Å². The van der Waals surface area contributed by atoms with Gasteiger partial charge in [-0.15, -0.1) is 0 Å². The van der Waals surface area contributed by atoms with Crippen LogP contribution in [0.3, 0.4) is 0 Å². The third-order valence-corrected chi connectivity index (χ3v) is 3.20. The lowest BCUT2D eigenvalue weighted by molar-refractivity contribution is 0.425. The highest BCUT2D eigenvalue weighted by atomic mass is 19.1. The third-order valence-electron chi connectivity index (χ3n) is 3.20. The third kappa shape index (κ3) is 2.97. The van der Waals surface area contributed by atoms with Gasteiger partial charge in [-0.25, -0.2) is 4.39 Å². The molecule has 0 amide bonds. The molecule has 0 aliphatic heterocycles. The SMILES string of the molecule is CCc1cccc(Cn2ccc(B(O)O)cc2=O)c1F. The van der Waals surface area contributed by atoms with Crippen molar-refractivity contribution in [3.05, 3.63) is 63.8 Å². The van der Waals surface area contributed by atoms with Crippen molar-refractivity contribution in [1.29, 1.82) is 0 Å². The maximum absolute atomic E-state index is 14.1. The fourth-order valence-corrected chi connectivity index (χ4v) is 2.03. The summed E-state index contributed by atoms with van der Waals surface area (Å²) in [4.78, 5) is 11.8. The average molecular weight is 275 g/mol. The molecule has 0 saturated heterocycles. The molecule has 0 spiro atoms. The highest BCUT2D eigenvalue weighted by molar-refractivity contribution is 6.58. The van der Waals surface area contributed by atoms with E-state index < -0.39 is 12.7 Å². The Bertz CT molecular complexity index is 670. The van der Waals surface area contributed by atoms with Crippen LogP contribution in [0.15, 0.2) is 41.3 Å². The van der Waals surface area contributed by atoms with Gasteiger partial charge in [-0.05, 0) is 23.5 Å². The predicted molar refractivity (Wildman–Crippen MR) is 75.4 cm³/mol. The minimum atomic E-state index is -1.68. The summed E-state index contributed by atoms with van der Waals surface area (Å²) in [7, 11) is -1.68. The maximum Gasteiger partial charge on any atom is 0.488 e. The van der Waals surface area contributed by atoms with Crippen LogP contribution in [0.2, 0.25) is 0 Å². The molecule has 0 unspecified atom stereocenters. The molecule has 0 fully saturated rings. The van der Waals surface area contributed by atoms with Crippen molar-refractivity contribution >= 4 is 12.6 Å². The first-order valence-corrected chi connectivity index (χ1v) is 6.35. The first-order chi connectivity index (χ1) is 9.52. The summed E-state index contributed by atoms with van der Waals surface area (Å²) in [5, 5.41) is 18.0. The molecule has 0 bridgehead atoms. The highest BCUT2D eigenvalue weighted by Gasteiger charge is 2.13. The van der Waals surface area contributed by atoms with E-state index in [1.54, 1.807) is 18.2 Å². The zero-order chi connectivity index (χ0) is 14.7. The largest absolute Gasteiger partial charge is 0.488 e. The summed E-state index contributed by atoms with van der Waals surface area (Å²) in [6.45, 7) is 1.98. The van der Waals surface area contributed by atoms with Gasteiger partial charge in [-0.2, -0.15) is 0 Å². The summed E-state index contributed by atoms with van der Waals surface area (Å²) >= 11 is 0. The predicted octanol–water partition coefficient (Wildman–Crippen LogP) is 0.278. The lowest BCUT2D eigenvalue weighted by Crippen LogP contribution is -2.35. The van der Waals surface area contributed by atoms with Crippen molar-refractivity contribution in [3.8, 4) is 0 Å². The number of hydrogen-bond acceptors (Lipinski definition) is 3. The number of aryl methyl sites for hydroxylation is 1. The number of hydrogen-bond donors (Lipinski definition) is 2. The molecule has 0 saturated carbocycles. The maximum atomic E-state index is 14.1. The summed E-state index contributed by atoms with van der Waals surface area (Å²) in [6.07, 6.45) is 2.01.